The summed E-state index contributed by atoms with van der Waals surface area (Å²) in [6.07, 6.45) is -0.715. The van der Waals surface area contributed by atoms with Gasteiger partial charge < -0.3 is 5.11 Å². The first kappa shape index (κ1) is 13.1. The molecule has 0 radical (unpaired) electrons. The highest BCUT2D eigenvalue weighted by atomic mass is 79.9. The third kappa shape index (κ3) is 2.91. The summed E-state index contributed by atoms with van der Waals surface area (Å²) in [5.74, 6) is 0. The Morgan fingerprint density at radius 2 is 1.71 bits per heavy atom. The lowest BCUT2D eigenvalue weighted by Crippen LogP contribution is -2.00. The van der Waals surface area contributed by atoms with E-state index in [1.807, 2.05) is 36.4 Å². The third-order valence-electron chi connectivity index (χ3n) is 2.46. The summed E-state index contributed by atoms with van der Waals surface area (Å²) in [4.78, 5) is 0. The maximum absolute atomic E-state index is 10.3. The number of benzene rings is 2. The SMILES string of the molecule is OC(c1ccc(Br)c(Br)c1)c1ccccc1Cl. The van der Waals surface area contributed by atoms with Gasteiger partial charge in [-0.2, -0.15) is 0 Å². The zero-order chi connectivity index (χ0) is 12.4. The molecule has 0 bridgehead atoms. The van der Waals surface area contributed by atoms with Crippen molar-refractivity contribution in [2.45, 2.75) is 6.10 Å². The fourth-order valence-corrected chi connectivity index (χ4v) is 2.44. The molecule has 1 atom stereocenters. The molecule has 0 fully saturated rings. The molecule has 88 valence electrons. The van der Waals surface area contributed by atoms with E-state index in [2.05, 4.69) is 31.9 Å². The molecule has 0 amide bonds. The van der Waals surface area contributed by atoms with Crippen LogP contribution in [0, 0.1) is 0 Å². The van der Waals surface area contributed by atoms with Gasteiger partial charge in [-0.15, -0.1) is 0 Å². The van der Waals surface area contributed by atoms with Crippen LogP contribution in [-0.4, -0.2) is 5.11 Å². The van der Waals surface area contributed by atoms with Crippen LogP contribution in [0.4, 0.5) is 0 Å². The zero-order valence-electron chi connectivity index (χ0n) is 8.70. The van der Waals surface area contributed by atoms with Gasteiger partial charge in [0.05, 0.1) is 0 Å². The minimum Gasteiger partial charge on any atom is -0.384 e. The smallest absolute Gasteiger partial charge is 0.106 e. The molecule has 1 nitrogen and oxygen atoms in total. The third-order valence-corrected chi connectivity index (χ3v) is 4.68. The van der Waals surface area contributed by atoms with Crippen molar-refractivity contribution in [3.05, 3.63) is 67.6 Å². The first-order chi connectivity index (χ1) is 8.09. The summed E-state index contributed by atoms with van der Waals surface area (Å²) >= 11 is 12.9. The molecule has 0 spiro atoms. The molecule has 4 heteroatoms. The topological polar surface area (TPSA) is 20.2 Å². The van der Waals surface area contributed by atoms with E-state index >= 15 is 0 Å². The summed E-state index contributed by atoms with van der Waals surface area (Å²) in [6.45, 7) is 0. The van der Waals surface area contributed by atoms with E-state index in [1.165, 1.54) is 0 Å². The van der Waals surface area contributed by atoms with Gasteiger partial charge in [0.25, 0.3) is 0 Å². The highest BCUT2D eigenvalue weighted by molar-refractivity contribution is 9.13. The Balaban J connectivity index is 2.40. The molecular formula is C13H9Br2ClO. The minimum atomic E-state index is -0.715. The number of hydrogen-bond acceptors (Lipinski definition) is 1. The highest BCUT2D eigenvalue weighted by Crippen LogP contribution is 2.31. The molecule has 0 heterocycles. The van der Waals surface area contributed by atoms with Crippen LogP contribution >= 0.6 is 43.5 Å². The first-order valence-corrected chi connectivity index (χ1v) is 6.93. The van der Waals surface area contributed by atoms with Gasteiger partial charge in [0, 0.05) is 19.5 Å². The largest absolute Gasteiger partial charge is 0.384 e. The van der Waals surface area contributed by atoms with Gasteiger partial charge in [-0.1, -0.05) is 35.9 Å². The molecular weight excluding hydrogens is 367 g/mol. The van der Waals surface area contributed by atoms with Crippen molar-refractivity contribution in [2.24, 2.45) is 0 Å². The highest BCUT2D eigenvalue weighted by Gasteiger charge is 2.14. The summed E-state index contributed by atoms with van der Waals surface area (Å²) < 4.78 is 1.86. The molecule has 2 rings (SSSR count). The Labute approximate surface area is 122 Å². The zero-order valence-corrected chi connectivity index (χ0v) is 12.6. The van der Waals surface area contributed by atoms with Crippen LogP contribution in [0.25, 0.3) is 0 Å². The number of halogens is 3. The number of hydrogen-bond donors (Lipinski definition) is 1. The quantitative estimate of drug-likeness (QED) is 0.787. The Morgan fingerprint density at radius 3 is 2.35 bits per heavy atom. The van der Waals surface area contributed by atoms with Gasteiger partial charge in [0.2, 0.25) is 0 Å². The fourth-order valence-electron chi connectivity index (χ4n) is 1.56. The number of rotatable bonds is 2. The second-order valence-electron chi connectivity index (χ2n) is 3.60. The van der Waals surface area contributed by atoms with Crippen LogP contribution in [0.3, 0.4) is 0 Å². The van der Waals surface area contributed by atoms with Crippen LogP contribution in [-0.2, 0) is 0 Å². The van der Waals surface area contributed by atoms with E-state index in [-0.39, 0.29) is 0 Å². The molecule has 2 aromatic rings. The Bertz CT molecular complexity index is 543. The van der Waals surface area contributed by atoms with Crippen molar-refractivity contribution in [1.82, 2.24) is 0 Å². The van der Waals surface area contributed by atoms with E-state index in [1.54, 1.807) is 6.07 Å². The molecule has 1 unspecified atom stereocenters. The molecule has 0 aliphatic carbocycles. The van der Waals surface area contributed by atoms with Gasteiger partial charge in [0.15, 0.2) is 0 Å². The lowest BCUT2D eigenvalue weighted by atomic mass is 10.0. The van der Waals surface area contributed by atoms with Gasteiger partial charge in [-0.05, 0) is 55.6 Å². The maximum atomic E-state index is 10.3. The van der Waals surface area contributed by atoms with Gasteiger partial charge in [0.1, 0.15) is 6.10 Å². The van der Waals surface area contributed by atoms with E-state index < -0.39 is 6.10 Å². The molecule has 0 saturated heterocycles. The van der Waals surface area contributed by atoms with Crippen molar-refractivity contribution in [2.75, 3.05) is 0 Å². The van der Waals surface area contributed by atoms with Crippen molar-refractivity contribution >= 4 is 43.5 Å². The predicted molar refractivity (Wildman–Crippen MR) is 77.4 cm³/mol. The molecule has 0 aliphatic rings. The van der Waals surface area contributed by atoms with Crippen molar-refractivity contribution in [1.29, 1.82) is 0 Å². The Kier molecular flexibility index (Phi) is 4.26. The van der Waals surface area contributed by atoms with Crippen molar-refractivity contribution in [3.63, 3.8) is 0 Å². The Hall–Kier alpha value is -0.350. The average Bonchev–Trinajstić information content (AvgIpc) is 2.32. The second-order valence-corrected chi connectivity index (χ2v) is 5.71. The van der Waals surface area contributed by atoms with Gasteiger partial charge in [-0.3, -0.25) is 0 Å². The van der Waals surface area contributed by atoms with Crippen molar-refractivity contribution in [3.8, 4) is 0 Å². The predicted octanol–water partition coefficient (Wildman–Crippen LogP) is 4.95. The fraction of sp³-hybridized carbons (Fsp3) is 0.0769. The summed E-state index contributed by atoms with van der Waals surface area (Å²) in [5.41, 5.74) is 1.51. The van der Waals surface area contributed by atoms with E-state index in [0.717, 1.165) is 14.5 Å². The lowest BCUT2D eigenvalue weighted by Gasteiger charge is -2.13. The van der Waals surface area contributed by atoms with Crippen LogP contribution in [0.5, 0.6) is 0 Å². The monoisotopic (exact) mass is 374 g/mol. The average molecular weight is 376 g/mol. The van der Waals surface area contributed by atoms with Crippen LogP contribution in [0.1, 0.15) is 17.2 Å². The maximum Gasteiger partial charge on any atom is 0.106 e. The molecule has 0 aromatic heterocycles. The normalized spacial score (nSPS) is 12.5. The van der Waals surface area contributed by atoms with Crippen LogP contribution < -0.4 is 0 Å². The first-order valence-electron chi connectivity index (χ1n) is 4.97. The summed E-state index contributed by atoms with van der Waals surface area (Å²) in [6, 6.07) is 12.9. The molecule has 0 aliphatic heterocycles. The second kappa shape index (κ2) is 5.53. The lowest BCUT2D eigenvalue weighted by molar-refractivity contribution is 0.220. The minimum absolute atomic E-state index is 0.569. The van der Waals surface area contributed by atoms with Crippen LogP contribution in [0.2, 0.25) is 5.02 Å². The number of aliphatic hydroxyl groups excluding tert-OH is 1. The summed E-state index contributed by atoms with van der Waals surface area (Å²) in [7, 11) is 0. The van der Waals surface area contributed by atoms with Crippen molar-refractivity contribution < 1.29 is 5.11 Å². The van der Waals surface area contributed by atoms with Crippen LogP contribution in [0.15, 0.2) is 51.4 Å². The molecule has 0 saturated carbocycles. The standard InChI is InChI=1S/C13H9Br2ClO/c14-10-6-5-8(7-11(10)15)13(17)9-3-1-2-4-12(9)16/h1-7,13,17H. The van der Waals surface area contributed by atoms with E-state index in [4.69, 9.17) is 11.6 Å². The van der Waals surface area contributed by atoms with E-state index in [9.17, 15) is 5.11 Å². The molecule has 17 heavy (non-hydrogen) atoms. The molecule has 1 N–H and O–H groups in total. The Morgan fingerprint density at radius 1 is 1.00 bits per heavy atom. The summed E-state index contributed by atoms with van der Waals surface area (Å²) in [5, 5.41) is 10.8. The van der Waals surface area contributed by atoms with Gasteiger partial charge in [-0.25, -0.2) is 0 Å². The van der Waals surface area contributed by atoms with Gasteiger partial charge >= 0.3 is 0 Å². The molecule has 2 aromatic carbocycles. The van der Waals surface area contributed by atoms with E-state index in [0.29, 0.717) is 10.6 Å². The number of aliphatic hydroxyl groups is 1.